The molecule has 3 nitrogen and oxygen atoms in total. The zero-order valence-corrected chi connectivity index (χ0v) is 15.2. The minimum absolute atomic E-state index is 0.286. The Morgan fingerprint density at radius 1 is 1.27 bits per heavy atom. The quantitative estimate of drug-likeness (QED) is 0.614. The molecule has 0 bridgehead atoms. The number of halogens is 3. The minimum Gasteiger partial charge on any atom is -0.487 e. The van der Waals surface area contributed by atoms with E-state index in [2.05, 4.69) is 31.9 Å². The van der Waals surface area contributed by atoms with Crippen molar-refractivity contribution in [1.82, 2.24) is 0 Å². The van der Waals surface area contributed by atoms with E-state index in [1.807, 2.05) is 24.3 Å². The SMILES string of the molecule is O=C(O)/C=C/c1cc(Br)cc(Br)c1OCc1ccccc1Cl. The molecule has 0 saturated heterocycles. The third-order valence-electron chi connectivity index (χ3n) is 2.77. The van der Waals surface area contributed by atoms with Gasteiger partial charge in [-0.15, -0.1) is 0 Å². The number of hydrogen-bond acceptors (Lipinski definition) is 2. The summed E-state index contributed by atoms with van der Waals surface area (Å²) in [6, 6.07) is 11.0. The van der Waals surface area contributed by atoms with E-state index >= 15 is 0 Å². The average Bonchev–Trinajstić information content (AvgIpc) is 2.45. The van der Waals surface area contributed by atoms with Crippen molar-refractivity contribution in [1.29, 1.82) is 0 Å². The maximum absolute atomic E-state index is 10.7. The van der Waals surface area contributed by atoms with Crippen LogP contribution in [0, 0.1) is 0 Å². The van der Waals surface area contributed by atoms with Crippen LogP contribution in [-0.4, -0.2) is 11.1 Å². The lowest BCUT2D eigenvalue weighted by Crippen LogP contribution is -1.99. The Labute approximate surface area is 149 Å². The third kappa shape index (κ3) is 4.60. The highest BCUT2D eigenvalue weighted by atomic mass is 79.9. The van der Waals surface area contributed by atoms with Crippen LogP contribution in [-0.2, 0) is 11.4 Å². The summed E-state index contributed by atoms with van der Waals surface area (Å²) in [6.45, 7) is 0.286. The highest BCUT2D eigenvalue weighted by Crippen LogP contribution is 2.34. The maximum Gasteiger partial charge on any atom is 0.328 e. The van der Waals surface area contributed by atoms with E-state index in [-0.39, 0.29) is 6.61 Å². The van der Waals surface area contributed by atoms with Gasteiger partial charge < -0.3 is 9.84 Å². The van der Waals surface area contributed by atoms with Gasteiger partial charge in [0.25, 0.3) is 0 Å². The molecule has 0 saturated carbocycles. The van der Waals surface area contributed by atoms with Gasteiger partial charge in [0.15, 0.2) is 0 Å². The van der Waals surface area contributed by atoms with Crippen molar-refractivity contribution >= 4 is 55.5 Å². The number of benzene rings is 2. The molecule has 2 aromatic rings. The summed E-state index contributed by atoms with van der Waals surface area (Å²) in [4.78, 5) is 10.7. The molecule has 0 atom stereocenters. The van der Waals surface area contributed by atoms with Crippen LogP contribution in [0.15, 0.2) is 51.4 Å². The molecule has 22 heavy (non-hydrogen) atoms. The standard InChI is InChI=1S/C16H11Br2ClO3/c17-12-7-10(5-6-15(20)21)16(13(18)8-12)22-9-11-3-1-2-4-14(11)19/h1-8H,9H2,(H,20,21)/b6-5+. The smallest absolute Gasteiger partial charge is 0.328 e. The van der Waals surface area contributed by atoms with Crippen molar-refractivity contribution in [2.45, 2.75) is 6.61 Å². The number of rotatable bonds is 5. The highest BCUT2D eigenvalue weighted by Gasteiger charge is 2.10. The van der Waals surface area contributed by atoms with Crippen LogP contribution in [0.2, 0.25) is 5.02 Å². The Morgan fingerprint density at radius 2 is 2.00 bits per heavy atom. The van der Waals surface area contributed by atoms with Gasteiger partial charge in [0, 0.05) is 26.7 Å². The fourth-order valence-electron chi connectivity index (χ4n) is 1.78. The Bertz CT molecular complexity index is 729. The van der Waals surface area contributed by atoms with Crippen LogP contribution < -0.4 is 4.74 Å². The van der Waals surface area contributed by atoms with E-state index in [1.54, 1.807) is 12.1 Å². The largest absolute Gasteiger partial charge is 0.487 e. The number of carboxylic acid groups (broad SMARTS) is 1. The molecule has 1 N–H and O–H groups in total. The molecule has 0 fully saturated rings. The fraction of sp³-hybridized carbons (Fsp3) is 0.0625. The predicted molar refractivity (Wildman–Crippen MR) is 94.3 cm³/mol. The molecule has 114 valence electrons. The number of carboxylic acids is 1. The molecule has 0 unspecified atom stereocenters. The van der Waals surface area contributed by atoms with Crippen LogP contribution in [0.4, 0.5) is 0 Å². The van der Waals surface area contributed by atoms with Gasteiger partial charge in [-0.2, -0.15) is 0 Å². The summed E-state index contributed by atoms with van der Waals surface area (Å²) in [7, 11) is 0. The molecular formula is C16H11Br2ClO3. The first-order chi connectivity index (χ1) is 10.5. The van der Waals surface area contributed by atoms with Gasteiger partial charge in [-0.05, 0) is 40.2 Å². The molecule has 0 aromatic heterocycles. The van der Waals surface area contributed by atoms with Gasteiger partial charge in [0.05, 0.1) is 4.47 Å². The van der Waals surface area contributed by atoms with Gasteiger partial charge in [0.2, 0.25) is 0 Å². The van der Waals surface area contributed by atoms with Gasteiger partial charge in [-0.3, -0.25) is 0 Å². The van der Waals surface area contributed by atoms with Crippen LogP contribution in [0.1, 0.15) is 11.1 Å². The summed E-state index contributed by atoms with van der Waals surface area (Å²) in [6.07, 6.45) is 2.55. The zero-order chi connectivity index (χ0) is 16.1. The van der Waals surface area contributed by atoms with Crippen molar-refractivity contribution in [2.75, 3.05) is 0 Å². The molecule has 0 aliphatic heterocycles. The van der Waals surface area contributed by atoms with E-state index in [9.17, 15) is 4.79 Å². The predicted octanol–water partition coefficient (Wildman–Crippen LogP) is 5.54. The van der Waals surface area contributed by atoms with E-state index in [1.165, 1.54) is 6.08 Å². The van der Waals surface area contributed by atoms with Crippen molar-refractivity contribution in [3.8, 4) is 5.75 Å². The Balaban J connectivity index is 2.29. The van der Waals surface area contributed by atoms with Gasteiger partial charge in [0.1, 0.15) is 12.4 Å². The van der Waals surface area contributed by atoms with Crippen LogP contribution in [0.25, 0.3) is 6.08 Å². The summed E-state index contributed by atoms with van der Waals surface area (Å²) in [5.41, 5.74) is 1.50. The van der Waals surface area contributed by atoms with Gasteiger partial charge >= 0.3 is 5.97 Å². The summed E-state index contributed by atoms with van der Waals surface area (Å²) in [5.74, 6) is -0.464. The van der Waals surface area contributed by atoms with Crippen molar-refractivity contribution in [3.63, 3.8) is 0 Å². The summed E-state index contributed by atoms with van der Waals surface area (Å²) in [5, 5.41) is 9.40. The monoisotopic (exact) mass is 444 g/mol. The maximum atomic E-state index is 10.7. The first-order valence-electron chi connectivity index (χ1n) is 6.23. The molecule has 0 radical (unpaired) electrons. The topological polar surface area (TPSA) is 46.5 Å². The van der Waals surface area contributed by atoms with Crippen LogP contribution in [0.3, 0.4) is 0 Å². The molecule has 6 heteroatoms. The fourth-order valence-corrected chi connectivity index (χ4v) is 3.35. The number of hydrogen-bond donors (Lipinski definition) is 1. The Kier molecular flexibility index (Phi) is 6.06. The van der Waals surface area contributed by atoms with E-state index in [0.717, 1.165) is 20.6 Å². The second kappa shape index (κ2) is 7.81. The lowest BCUT2D eigenvalue weighted by molar-refractivity contribution is -0.131. The lowest BCUT2D eigenvalue weighted by Gasteiger charge is -2.13. The first-order valence-corrected chi connectivity index (χ1v) is 8.20. The number of ether oxygens (including phenoxy) is 1. The van der Waals surface area contributed by atoms with Crippen molar-refractivity contribution in [3.05, 3.63) is 67.6 Å². The molecule has 0 heterocycles. The third-order valence-corrected chi connectivity index (χ3v) is 4.19. The molecule has 0 spiro atoms. The average molecular weight is 447 g/mol. The second-order valence-electron chi connectivity index (χ2n) is 4.36. The molecule has 0 aliphatic carbocycles. The number of carbonyl (C=O) groups is 1. The molecule has 2 aromatic carbocycles. The van der Waals surface area contributed by atoms with Crippen LogP contribution >= 0.6 is 43.5 Å². The Hall–Kier alpha value is -1.30. The highest BCUT2D eigenvalue weighted by molar-refractivity contribution is 9.11. The van der Waals surface area contributed by atoms with Crippen LogP contribution in [0.5, 0.6) is 5.75 Å². The zero-order valence-electron chi connectivity index (χ0n) is 11.2. The Morgan fingerprint density at radius 3 is 2.68 bits per heavy atom. The van der Waals surface area contributed by atoms with Crippen molar-refractivity contribution < 1.29 is 14.6 Å². The number of aliphatic carboxylic acids is 1. The van der Waals surface area contributed by atoms with Gasteiger partial charge in [-0.25, -0.2) is 4.79 Å². The summed E-state index contributed by atoms with van der Waals surface area (Å²) >= 11 is 12.9. The first kappa shape index (κ1) is 17.1. The van der Waals surface area contributed by atoms with E-state index < -0.39 is 5.97 Å². The van der Waals surface area contributed by atoms with E-state index in [0.29, 0.717) is 16.3 Å². The van der Waals surface area contributed by atoms with Crippen molar-refractivity contribution in [2.24, 2.45) is 0 Å². The normalized spacial score (nSPS) is 10.9. The van der Waals surface area contributed by atoms with E-state index in [4.69, 9.17) is 21.4 Å². The molecule has 0 aliphatic rings. The summed E-state index contributed by atoms with van der Waals surface area (Å²) < 4.78 is 7.36. The van der Waals surface area contributed by atoms with Gasteiger partial charge in [-0.1, -0.05) is 45.7 Å². The molecule has 0 amide bonds. The lowest BCUT2D eigenvalue weighted by atomic mass is 10.2. The second-order valence-corrected chi connectivity index (χ2v) is 6.53. The minimum atomic E-state index is -1.02. The molecular weight excluding hydrogens is 435 g/mol. The molecule has 2 rings (SSSR count).